The molecule has 2 rings (SSSR count). The maximum atomic E-state index is 11.9. The quantitative estimate of drug-likeness (QED) is 0.824. The van der Waals surface area contributed by atoms with E-state index in [1.54, 1.807) is 4.68 Å². The summed E-state index contributed by atoms with van der Waals surface area (Å²) in [6.07, 6.45) is 3.29. The van der Waals surface area contributed by atoms with Gasteiger partial charge in [-0.15, -0.1) is 0 Å². The zero-order valence-electron chi connectivity index (χ0n) is 11.6. The van der Waals surface area contributed by atoms with Gasteiger partial charge in [0.1, 0.15) is 0 Å². The summed E-state index contributed by atoms with van der Waals surface area (Å²) in [5.74, 6) is -0.133. The van der Waals surface area contributed by atoms with Crippen LogP contribution in [0.2, 0.25) is 0 Å². The molecule has 1 amide bonds. The minimum atomic E-state index is -0.487. The average molecular weight is 272 g/mol. The van der Waals surface area contributed by atoms with Crippen LogP contribution in [-0.2, 0) is 24.8 Å². The van der Waals surface area contributed by atoms with Crippen LogP contribution in [0.1, 0.15) is 17.7 Å². The first-order valence-corrected chi connectivity index (χ1v) is 6.71. The van der Waals surface area contributed by atoms with Crippen molar-refractivity contribution in [2.75, 3.05) is 0 Å². The zero-order chi connectivity index (χ0) is 14.4. The second-order valence-electron chi connectivity index (χ2n) is 4.83. The summed E-state index contributed by atoms with van der Waals surface area (Å²) in [5, 5.41) is 7.01. The van der Waals surface area contributed by atoms with Gasteiger partial charge in [-0.05, 0) is 24.5 Å². The van der Waals surface area contributed by atoms with Crippen molar-refractivity contribution in [2.45, 2.75) is 25.4 Å². The second-order valence-corrected chi connectivity index (χ2v) is 4.83. The zero-order valence-corrected chi connectivity index (χ0v) is 11.6. The second kappa shape index (κ2) is 6.86. The average Bonchev–Trinajstić information content (AvgIpc) is 2.89. The van der Waals surface area contributed by atoms with Gasteiger partial charge in [-0.3, -0.25) is 9.48 Å². The number of aromatic nitrogens is 2. The molecule has 0 aliphatic rings. The van der Waals surface area contributed by atoms with Crippen LogP contribution in [0.4, 0.5) is 0 Å². The van der Waals surface area contributed by atoms with Crippen LogP contribution < -0.4 is 11.1 Å². The predicted octanol–water partition coefficient (Wildman–Crippen LogP) is 0.996. The highest BCUT2D eigenvalue weighted by Crippen LogP contribution is 2.04. The van der Waals surface area contributed by atoms with Crippen molar-refractivity contribution in [2.24, 2.45) is 12.8 Å². The Balaban J connectivity index is 1.74. The third-order valence-corrected chi connectivity index (χ3v) is 3.14. The molecule has 1 aromatic carbocycles. The van der Waals surface area contributed by atoms with Crippen LogP contribution in [0.25, 0.3) is 0 Å². The molecule has 2 aromatic rings. The van der Waals surface area contributed by atoms with Gasteiger partial charge in [0, 0.05) is 13.2 Å². The molecule has 20 heavy (non-hydrogen) atoms. The number of nitrogens with zero attached hydrogens (tertiary/aromatic N) is 2. The maximum absolute atomic E-state index is 11.9. The topological polar surface area (TPSA) is 72.9 Å². The van der Waals surface area contributed by atoms with Gasteiger partial charge in [-0.2, -0.15) is 5.10 Å². The smallest absolute Gasteiger partial charge is 0.237 e. The Morgan fingerprint density at radius 1 is 1.35 bits per heavy atom. The highest BCUT2D eigenvalue weighted by Gasteiger charge is 2.13. The lowest BCUT2D eigenvalue weighted by molar-refractivity contribution is -0.122. The van der Waals surface area contributed by atoms with Gasteiger partial charge in [-0.25, -0.2) is 0 Å². The highest BCUT2D eigenvalue weighted by atomic mass is 16.2. The van der Waals surface area contributed by atoms with Crippen LogP contribution in [-0.4, -0.2) is 21.7 Å². The molecular weight excluding hydrogens is 252 g/mol. The van der Waals surface area contributed by atoms with Crippen LogP contribution in [0, 0.1) is 0 Å². The lowest BCUT2D eigenvalue weighted by atomic mass is 10.1. The van der Waals surface area contributed by atoms with E-state index in [4.69, 9.17) is 5.73 Å². The van der Waals surface area contributed by atoms with Gasteiger partial charge < -0.3 is 11.1 Å². The summed E-state index contributed by atoms with van der Waals surface area (Å²) in [4.78, 5) is 11.9. The molecule has 0 spiro atoms. The SMILES string of the molecule is Cn1ccc(CNC(=O)[C@@H](N)CCc2ccccc2)n1. The van der Waals surface area contributed by atoms with Gasteiger partial charge in [0.05, 0.1) is 18.3 Å². The summed E-state index contributed by atoms with van der Waals surface area (Å²) in [6, 6.07) is 11.4. The van der Waals surface area contributed by atoms with Crippen LogP contribution in [0.3, 0.4) is 0 Å². The van der Waals surface area contributed by atoms with E-state index in [0.717, 1.165) is 12.1 Å². The van der Waals surface area contributed by atoms with Gasteiger partial charge >= 0.3 is 0 Å². The van der Waals surface area contributed by atoms with Crippen molar-refractivity contribution in [3.8, 4) is 0 Å². The summed E-state index contributed by atoms with van der Waals surface area (Å²) in [7, 11) is 1.84. The molecule has 1 aromatic heterocycles. The van der Waals surface area contributed by atoms with Gasteiger partial charge in [0.25, 0.3) is 0 Å². The number of benzene rings is 1. The van der Waals surface area contributed by atoms with E-state index in [2.05, 4.69) is 10.4 Å². The Morgan fingerprint density at radius 3 is 2.75 bits per heavy atom. The van der Waals surface area contributed by atoms with Crippen molar-refractivity contribution >= 4 is 5.91 Å². The van der Waals surface area contributed by atoms with Crippen LogP contribution in [0.5, 0.6) is 0 Å². The van der Waals surface area contributed by atoms with E-state index >= 15 is 0 Å². The first-order valence-electron chi connectivity index (χ1n) is 6.71. The van der Waals surface area contributed by atoms with E-state index < -0.39 is 6.04 Å². The maximum Gasteiger partial charge on any atom is 0.237 e. The van der Waals surface area contributed by atoms with Crippen molar-refractivity contribution in [3.63, 3.8) is 0 Å². The van der Waals surface area contributed by atoms with Crippen LogP contribution >= 0.6 is 0 Å². The fraction of sp³-hybridized carbons (Fsp3) is 0.333. The molecule has 1 atom stereocenters. The molecule has 0 aliphatic heterocycles. The third-order valence-electron chi connectivity index (χ3n) is 3.14. The summed E-state index contributed by atoms with van der Waals surface area (Å²) in [6.45, 7) is 0.415. The molecule has 0 saturated heterocycles. The highest BCUT2D eigenvalue weighted by molar-refractivity contribution is 5.81. The van der Waals surface area contributed by atoms with E-state index in [-0.39, 0.29) is 5.91 Å². The van der Waals surface area contributed by atoms with Gasteiger partial charge in [0.2, 0.25) is 5.91 Å². The van der Waals surface area contributed by atoms with E-state index in [0.29, 0.717) is 13.0 Å². The molecule has 0 bridgehead atoms. The number of carbonyl (C=O) groups excluding carboxylic acids is 1. The number of nitrogens with two attached hydrogens (primary N) is 1. The van der Waals surface area contributed by atoms with Gasteiger partial charge in [0.15, 0.2) is 0 Å². The fourth-order valence-electron chi connectivity index (χ4n) is 1.96. The largest absolute Gasteiger partial charge is 0.349 e. The first-order chi connectivity index (χ1) is 9.65. The number of rotatable bonds is 6. The summed E-state index contributed by atoms with van der Waals surface area (Å²) in [5.41, 5.74) is 7.92. The lowest BCUT2D eigenvalue weighted by Crippen LogP contribution is -2.40. The number of amides is 1. The monoisotopic (exact) mass is 272 g/mol. The van der Waals surface area contributed by atoms with Crippen molar-refractivity contribution in [1.82, 2.24) is 15.1 Å². The van der Waals surface area contributed by atoms with Gasteiger partial charge in [-0.1, -0.05) is 30.3 Å². The number of nitrogens with one attached hydrogen (secondary N) is 1. The standard InChI is InChI=1S/C15H20N4O/c1-19-10-9-13(18-19)11-17-15(20)14(16)8-7-12-5-3-2-4-6-12/h2-6,9-10,14H,7-8,11,16H2,1H3,(H,17,20)/t14-/m0/s1. The Kier molecular flexibility index (Phi) is 4.90. The Labute approximate surface area is 118 Å². The molecular formula is C15H20N4O. The number of hydrogen-bond donors (Lipinski definition) is 2. The fourth-order valence-corrected chi connectivity index (χ4v) is 1.96. The Bertz CT molecular complexity index is 550. The molecule has 0 unspecified atom stereocenters. The minimum absolute atomic E-state index is 0.133. The Hall–Kier alpha value is -2.14. The normalized spacial score (nSPS) is 12.1. The number of aryl methyl sites for hydroxylation is 2. The first kappa shape index (κ1) is 14.3. The molecule has 5 heteroatoms. The van der Waals surface area contributed by atoms with E-state index in [9.17, 15) is 4.79 Å². The summed E-state index contributed by atoms with van der Waals surface area (Å²) < 4.78 is 1.71. The molecule has 0 saturated carbocycles. The molecule has 5 nitrogen and oxygen atoms in total. The molecule has 0 aliphatic carbocycles. The molecule has 0 radical (unpaired) electrons. The molecule has 1 heterocycles. The van der Waals surface area contributed by atoms with Crippen LogP contribution in [0.15, 0.2) is 42.6 Å². The summed E-state index contributed by atoms with van der Waals surface area (Å²) >= 11 is 0. The molecule has 106 valence electrons. The number of carbonyl (C=O) groups is 1. The number of hydrogen-bond acceptors (Lipinski definition) is 3. The molecule has 3 N–H and O–H groups in total. The van der Waals surface area contributed by atoms with Crippen molar-refractivity contribution < 1.29 is 4.79 Å². The van der Waals surface area contributed by atoms with E-state index in [1.807, 2.05) is 49.6 Å². The molecule has 0 fully saturated rings. The van der Waals surface area contributed by atoms with Crippen molar-refractivity contribution in [3.05, 3.63) is 53.9 Å². The lowest BCUT2D eigenvalue weighted by Gasteiger charge is -2.11. The van der Waals surface area contributed by atoms with E-state index in [1.165, 1.54) is 5.56 Å². The van der Waals surface area contributed by atoms with Crippen molar-refractivity contribution in [1.29, 1.82) is 0 Å². The minimum Gasteiger partial charge on any atom is -0.349 e. The predicted molar refractivity (Wildman–Crippen MR) is 77.8 cm³/mol. The Morgan fingerprint density at radius 2 is 2.10 bits per heavy atom. The third kappa shape index (κ3) is 4.20.